The van der Waals surface area contributed by atoms with Crippen molar-refractivity contribution in [2.24, 2.45) is 0 Å². The lowest BCUT2D eigenvalue weighted by molar-refractivity contribution is -0.0521. The molecule has 3 rings (SSSR count). The fourth-order valence-corrected chi connectivity index (χ4v) is 3.64. The number of esters is 1. The number of nitrogens with zero attached hydrogens (tertiary/aromatic N) is 1. The highest BCUT2D eigenvalue weighted by atomic mass is 16.6. The van der Waals surface area contributed by atoms with Crippen molar-refractivity contribution in [1.29, 1.82) is 0 Å². The van der Waals surface area contributed by atoms with E-state index in [-0.39, 0.29) is 12.6 Å². The van der Waals surface area contributed by atoms with Gasteiger partial charge in [-0.3, -0.25) is 4.90 Å². The molecule has 1 saturated carbocycles. The minimum Gasteiger partial charge on any atom is -0.450 e. The van der Waals surface area contributed by atoms with Crippen molar-refractivity contribution < 1.29 is 19.1 Å². The second-order valence-corrected chi connectivity index (χ2v) is 6.93. The number of carbonyl (C=O) groups is 2. The first kappa shape index (κ1) is 19.9. The quantitative estimate of drug-likeness (QED) is 0.501. The van der Waals surface area contributed by atoms with Gasteiger partial charge in [0.25, 0.3) is 0 Å². The van der Waals surface area contributed by atoms with Crippen LogP contribution in [0.5, 0.6) is 0 Å². The summed E-state index contributed by atoms with van der Waals surface area (Å²) >= 11 is 0. The van der Waals surface area contributed by atoms with Gasteiger partial charge in [-0.1, -0.05) is 67.8 Å². The maximum absolute atomic E-state index is 12.9. The molecule has 0 saturated heterocycles. The molecule has 1 atom stereocenters. The lowest BCUT2D eigenvalue weighted by Gasteiger charge is -2.38. The Labute approximate surface area is 166 Å². The molecule has 0 aliphatic heterocycles. The zero-order valence-electron chi connectivity index (χ0n) is 16.3. The van der Waals surface area contributed by atoms with E-state index in [1.807, 2.05) is 36.4 Å². The molecular formula is C23H27NO4. The van der Waals surface area contributed by atoms with Gasteiger partial charge in [-0.15, -0.1) is 0 Å². The van der Waals surface area contributed by atoms with Crippen LogP contribution in [-0.4, -0.2) is 29.6 Å². The molecule has 0 N–H and O–H groups in total. The highest BCUT2D eigenvalue weighted by Gasteiger charge is 2.36. The lowest BCUT2D eigenvalue weighted by atomic mass is 9.93. The Morgan fingerprint density at radius 1 is 0.964 bits per heavy atom. The van der Waals surface area contributed by atoms with E-state index in [0.717, 1.165) is 37.7 Å². The van der Waals surface area contributed by atoms with Crippen LogP contribution >= 0.6 is 0 Å². The van der Waals surface area contributed by atoms with Gasteiger partial charge in [0.2, 0.25) is 6.23 Å². The molecule has 1 aliphatic carbocycles. The van der Waals surface area contributed by atoms with Crippen molar-refractivity contribution in [3.8, 4) is 0 Å². The molecule has 28 heavy (non-hydrogen) atoms. The summed E-state index contributed by atoms with van der Waals surface area (Å²) in [5, 5.41) is 0. The molecule has 2 aromatic carbocycles. The van der Waals surface area contributed by atoms with Gasteiger partial charge in [-0.05, 0) is 31.9 Å². The van der Waals surface area contributed by atoms with Crippen molar-refractivity contribution in [3.05, 3.63) is 71.8 Å². The maximum Gasteiger partial charge on any atom is 0.413 e. The van der Waals surface area contributed by atoms with Gasteiger partial charge in [-0.2, -0.15) is 0 Å². The molecule has 0 spiro atoms. The van der Waals surface area contributed by atoms with Crippen LogP contribution in [0.1, 0.15) is 61.2 Å². The van der Waals surface area contributed by atoms with Crippen LogP contribution in [0, 0.1) is 0 Å². The van der Waals surface area contributed by atoms with E-state index in [1.54, 1.807) is 36.1 Å². The van der Waals surface area contributed by atoms with E-state index in [2.05, 4.69) is 0 Å². The summed E-state index contributed by atoms with van der Waals surface area (Å²) in [6, 6.07) is 18.2. The van der Waals surface area contributed by atoms with Crippen molar-refractivity contribution >= 4 is 12.1 Å². The normalized spacial score (nSPS) is 15.5. The number of benzene rings is 2. The summed E-state index contributed by atoms with van der Waals surface area (Å²) < 4.78 is 11.2. The summed E-state index contributed by atoms with van der Waals surface area (Å²) in [4.78, 5) is 27.3. The van der Waals surface area contributed by atoms with Gasteiger partial charge in [0, 0.05) is 11.6 Å². The first-order valence-electron chi connectivity index (χ1n) is 9.96. The van der Waals surface area contributed by atoms with Crippen LogP contribution in [-0.2, 0) is 9.47 Å². The number of rotatable bonds is 6. The Hall–Kier alpha value is -2.82. The fraction of sp³-hybridized carbons (Fsp3) is 0.391. The van der Waals surface area contributed by atoms with E-state index in [4.69, 9.17) is 9.47 Å². The Morgan fingerprint density at radius 3 is 2.18 bits per heavy atom. The van der Waals surface area contributed by atoms with E-state index in [9.17, 15) is 9.59 Å². The number of hydrogen-bond acceptors (Lipinski definition) is 4. The Kier molecular flexibility index (Phi) is 7.06. The summed E-state index contributed by atoms with van der Waals surface area (Å²) in [6.45, 7) is 2.06. The van der Waals surface area contributed by atoms with Gasteiger partial charge in [0.15, 0.2) is 0 Å². The van der Waals surface area contributed by atoms with Crippen molar-refractivity contribution in [2.45, 2.75) is 51.3 Å². The second kappa shape index (κ2) is 9.93. The first-order chi connectivity index (χ1) is 13.7. The van der Waals surface area contributed by atoms with Crippen molar-refractivity contribution in [1.82, 2.24) is 4.90 Å². The van der Waals surface area contributed by atoms with E-state index < -0.39 is 18.3 Å². The molecule has 5 heteroatoms. The molecular weight excluding hydrogens is 354 g/mol. The summed E-state index contributed by atoms with van der Waals surface area (Å²) in [5.74, 6) is -0.459. The minimum atomic E-state index is -0.823. The predicted molar refractivity (Wildman–Crippen MR) is 107 cm³/mol. The third-order valence-corrected chi connectivity index (χ3v) is 5.01. The molecule has 0 aromatic heterocycles. The molecule has 0 bridgehead atoms. The molecule has 1 fully saturated rings. The van der Waals surface area contributed by atoms with Gasteiger partial charge >= 0.3 is 12.1 Å². The third kappa shape index (κ3) is 4.91. The van der Waals surface area contributed by atoms with Crippen LogP contribution in [0.4, 0.5) is 4.79 Å². The molecule has 0 radical (unpaired) electrons. The zero-order valence-corrected chi connectivity index (χ0v) is 16.3. The topological polar surface area (TPSA) is 55.8 Å². The molecule has 1 aliphatic rings. The molecule has 5 nitrogen and oxygen atoms in total. The lowest BCUT2D eigenvalue weighted by Crippen LogP contribution is -2.45. The fourth-order valence-electron chi connectivity index (χ4n) is 3.64. The summed E-state index contributed by atoms with van der Waals surface area (Å²) in [6.07, 6.45) is 3.76. The molecule has 1 unspecified atom stereocenters. The summed E-state index contributed by atoms with van der Waals surface area (Å²) in [7, 11) is 0. The second-order valence-electron chi connectivity index (χ2n) is 6.93. The third-order valence-electron chi connectivity index (χ3n) is 5.01. The Balaban J connectivity index is 1.94. The SMILES string of the molecule is CCOC(=O)N(C1CCCCC1)C(OC(=O)c1ccccc1)c1ccccc1. The number of carbonyl (C=O) groups excluding carboxylic acids is 2. The smallest absolute Gasteiger partial charge is 0.413 e. The molecule has 0 heterocycles. The summed E-state index contributed by atoms with van der Waals surface area (Å²) in [5.41, 5.74) is 1.21. The van der Waals surface area contributed by atoms with Gasteiger partial charge in [0.1, 0.15) is 0 Å². The number of ether oxygens (including phenoxy) is 2. The average Bonchev–Trinajstić information content (AvgIpc) is 2.75. The highest BCUT2D eigenvalue weighted by molar-refractivity contribution is 5.89. The number of amides is 1. The molecule has 2 aromatic rings. The average molecular weight is 381 g/mol. The Morgan fingerprint density at radius 2 is 1.57 bits per heavy atom. The maximum atomic E-state index is 12.9. The highest BCUT2D eigenvalue weighted by Crippen LogP contribution is 2.32. The van der Waals surface area contributed by atoms with E-state index in [0.29, 0.717) is 5.56 Å². The first-order valence-corrected chi connectivity index (χ1v) is 9.96. The van der Waals surface area contributed by atoms with Crippen LogP contribution in [0.2, 0.25) is 0 Å². The standard InChI is InChI=1S/C23H27NO4/c1-2-27-23(26)24(20-16-10-5-11-17-20)21(18-12-6-3-7-13-18)28-22(25)19-14-8-4-9-15-19/h3-4,6-9,12-15,20-21H,2,5,10-11,16-17H2,1H3. The van der Waals surface area contributed by atoms with Crippen LogP contribution < -0.4 is 0 Å². The van der Waals surface area contributed by atoms with Crippen LogP contribution in [0.15, 0.2) is 60.7 Å². The van der Waals surface area contributed by atoms with Crippen molar-refractivity contribution in [2.75, 3.05) is 6.61 Å². The van der Waals surface area contributed by atoms with Crippen LogP contribution in [0.25, 0.3) is 0 Å². The van der Waals surface area contributed by atoms with E-state index in [1.165, 1.54) is 0 Å². The van der Waals surface area contributed by atoms with Gasteiger partial charge < -0.3 is 9.47 Å². The Bertz CT molecular complexity index is 757. The predicted octanol–water partition coefficient (Wildman–Crippen LogP) is 5.33. The monoisotopic (exact) mass is 381 g/mol. The van der Waals surface area contributed by atoms with E-state index >= 15 is 0 Å². The van der Waals surface area contributed by atoms with Gasteiger partial charge in [0.05, 0.1) is 12.2 Å². The minimum absolute atomic E-state index is 0.0124. The number of hydrogen-bond donors (Lipinski definition) is 0. The zero-order chi connectivity index (χ0) is 19.8. The molecule has 148 valence electrons. The van der Waals surface area contributed by atoms with Crippen LogP contribution in [0.3, 0.4) is 0 Å². The van der Waals surface area contributed by atoms with Crippen molar-refractivity contribution in [3.63, 3.8) is 0 Å². The largest absolute Gasteiger partial charge is 0.450 e. The van der Waals surface area contributed by atoms with Gasteiger partial charge in [-0.25, -0.2) is 9.59 Å². The molecule has 1 amide bonds.